The maximum Gasteiger partial charge on any atom is 0.274 e. The van der Waals surface area contributed by atoms with Gasteiger partial charge in [0.15, 0.2) is 11.5 Å². The Morgan fingerprint density at radius 2 is 1.70 bits per heavy atom. The second-order valence-electron chi connectivity index (χ2n) is 8.91. The summed E-state index contributed by atoms with van der Waals surface area (Å²) in [5.41, 5.74) is 4.01. The highest BCUT2D eigenvalue weighted by Crippen LogP contribution is 2.27. The molecule has 2 amide bonds. The minimum atomic E-state index is -0.112. The van der Waals surface area contributed by atoms with E-state index in [0.29, 0.717) is 63.0 Å². The van der Waals surface area contributed by atoms with Gasteiger partial charge in [0.1, 0.15) is 5.75 Å². The van der Waals surface area contributed by atoms with Crippen molar-refractivity contribution in [3.8, 4) is 16.9 Å². The van der Waals surface area contributed by atoms with Crippen LogP contribution in [0, 0.1) is 6.92 Å². The van der Waals surface area contributed by atoms with Crippen LogP contribution in [0.4, 0.5) is 5.82 Å². The molecular formula is C28H34N6O3. The predicted molar refractivity (Wildman–Crippen MR) is 143 cm³/mol. The van der Waals surface area contributed by atoms with Crippen LogP contribution in [-0.4, -0.2) is 82.7 Å². The van der Waals surface area contributed by atoms with Crippen molar-refractivity contribution in [2.45, 2.75) is 27.7 Å². The molecule has 0 N–H and O–H groups in total. The number of ether oxygens (including phenoxy) is 1. The van der Waals surface area contributed by atoms with Crippen molar-refractivity contribution in [2.24, 2.45) is 0 Å². The SMILES string of the molecule is CCOc1cncc(-c2ccc(C(=O)N3CCN(c4ccc(C(=O)N(CC)CC)nn4)CC3)cc2C)c1. The lowest BCUT2D eigenvalue weighted by Crippen LogP contribution is -2.49. The number of piperazine rings is 1. The Kier molecular flexibility index (Phi) is 8.32. The molecule has 0 atom stereocenters. The van der Waals surface area contributed by atoms with Crippen LogP contribution >= 0.6 is 0 Å². The number of rotatable bonds is 8. The molecule has 1 aromatic carbocycles. The van der Waals surface area contributed by atoms with Gasteiger partial charge in [-0.1, -0.05) is 6.07 Å². The molecule has 1 saturated heterocycles. The number of nitrogens with zero attached hydrogens (tertiary/aromatic N) is 6. The van der Waals surface area contributed by atoms with Gasteiger partial charge in [0.25, 0.3) is 11.8 Å². The number of aromatic nitrogens is 3. The second-order valence-corrected chi connectivity index (χ2v) is 8.91. The van der Waals surface area contributed by atoms with Gasteiger partial charge in [0.2, 0.25) is 0 Å². The fourth-order valence-corrected chi connectivity index (χ4v) is 4.53. The first-order valence-electron chi connectivity index (χ1n) is 12.8. The summed E-state index contributed by atoms with van der Waals surface area (Å²) in [4.78, 5) is 35.7. The van der Waals surface area contributed by atoms with Crippen LogP contribution in [0.1, 0.15) is 47.2 Å². The molecule has 9 nitrogen and oxygen atoms in total. The molecular weight excluding hydrogens is 468 g/mol. The summed E-state index contributed by atoms with van der Waals surface area (Å²) in [7, 11) is 0. The molecule has 0 bridgehead atoms. The lowest BCUT2D eigenvalue weighted by Gasteiger charge is -2.35. The van der Waals surface area contributed by atoms with Crippen LogP contribution in [0.5, 0.6) is 5.75 Å². The van der Waals surface area contributed by atoms with Crippen LogP contribution < -0.4 is 9.64 Å². The second kappa shape index (κ2) is 11.8. The Bertz CT molecular complexity index is 1230. The maximum absolute atomic E-state index is 13.2. The summed E-state index contributed by atoms with van der Waals surface area (Å²) < 4.78 is 5.57. The average Bonchev–Trinajstić information content (AvgIpc) is 2.94. The van der Waals surface area contributed by atoms with E-state index in [1.807, 2.05) is 62.9 Å². The predicted octanol–water partition coefficient (Wildman–Crippen LogP) is 3.69. The Balaban J connectivity index is 1.38. The molecule has 0 radical (unpaired) electrons. The van der Waals surface area contributed by atoms with E-state index in [-0.39, 0.29) is 11.8 Å². The molecule has 3 aromatic rings. The van der Waals surface area contributed by atoms with E-state index in [9.17, 15) is 9.59 Å². The van der Waals surface area contributed by atoms with Crippen molar-refractivity contribution in [2.75, 3.05) is 50.8 Å². The first-order valence-corrected chi connectivity index (χ1v) is 12.8. The number of carbonyl (C=O) groups is 2. The van der Waals surface area contributed by atoms with Gasteiger partial charge in [-0.15, -0.1) is 10.2 Å². The van der Waals surface area contributed by atoms with Crippen molar-refractivity contribution in [1.29, 1.82) is 0 Å². The number of amides is 2. The Morgan fingerprint density at radius 3 is 2.32 bits per heavy atom. The summed E-state index contributed by atoms with van der Waals surface area (Å²) in [5, 5.41) is 8.44. The van der Waals surface area contributed by atoms with Crippen LogP contribution in [-0.2, 0) is 0 Å². The van der Waals surface area contributed by atoms with E-state index in [1.165, 1.54) is 0 Å². The Hall–Kier alpha value is -4.01. The minimum Gasteiger partial charge on any atom is -0.492 e. The topological polar surface area (TPSA) is 91.8 Å². The zero-order chi connectivity index (χ0) is 26.4. The molecule has 0 unspecified atom stereocenters. The third kappa shape index (κ3) is 5.87. The number of hydrogen-bond donors (Lipinski definition) is 0. The smallest absolute Gasteiger partial charge is 0.274 e. The highest BCUT2D eigenvalue weighted by atomic mass is 16.5. The number of aryl methyl sites for hydroxylation is 1. The van der Waals surface area contributed by atoms with Gasteiger partial charge in [0.05, 0.1) is 12.8 Å². The van der Waals surface area contributed by atoms with Gasteiger partial charge in [-0.25, -0.2) is 0 Å². The molecule has 0 spiro atoms. The number of benzene rings is 1. The van der Waals surface area contributed by atoms with Crippen LogP contribution in [0.2, 0.25) is 0 Å². The number of carbonyl (C=O) groups excluding carboxylic acids is 2. The van der Waals surface area contributed by atoms with Crippen LogP contribution in [0.3, 0.4) is 0 Å². The summed E-state index contributed by atoms with van der Waals surface area (Å²) >= 11 is 0. The Morgan fingerprint density at radius 1 is 0.946 bits per heavy atom. The quantitative estimate of drug-likeness (QED) is 0.464. The van der Waals surface area contributed by atoms with E-state index in [2.05, 4.69) is 20.1 Å². The molecule has 37 heavy (non-hydrogen) atoms. The molecule has 3 heterocycles. The van der Waals surface area contributed by atoms with E-state index in [0.717, 1.165) is 22.4 Å². The van der Waals surface area contributed by atoms with Crippen molar-refractivity contribution in [3.05, 3.63) is 65.6 Å². The summed E-state index contributed by atoms with van der Waals surface area (Å²) in [6.45, 7) is 12.2. The molecule has 0 saturated carbocycles. The number of anilines is 1. The highest BCUT2D eigenvalue weighted by molar-refractivity contribution is 5.95. The van der Waals surface area contributed by atoms with Crippen molar-refractivity contribution in [3.63, 3.8) is 0 Å². The van der Waals surface area contributed by atoms with Gasteiger partial charge in [-0.2, -0.15) is 0 Å². The van der Waals surface area contributed by atoms with Crippen LogP contribution in [0.15, 0.2) is 48.8 Å². The monoisotopic (exact) mass is 502 g/mol. The molecule has 9 heteroatoms. The lowest BCUT2D eigenvalue weighted by molar-refractivity contribution is 0.0742. The molecule has 1 aliphatic rings. The first-order chi connectivity index (χ1) is 17.9. The summed E-state index contributed by atoms with van der Waals surface area (Å²) in [6.07, 6.45) is 3.51. The van der Waals surface area contributed by atoms with Crippen molar-refractivity contribution in [1.82, 2.24) is 25.0 Å². The number of pyridine rings is 1. The van der Waals surface area contributed by atoms with E-state index >= 15 is 0 Å². The Labute approximate surface area is 218 Å². The fraction of sp³-hybridized carbons (Fsp3) is 0.393. The van der Waals surface area contributed by atoms with Crippen LogP contribution in [0.25, 0.3) is 11.1 Å². The highest BCUT2D eigenvalue weighted by Gasteiger charge is 2.24. The van der Waals surface area contributed by atoms with Gasteiger partial charge >= 0.3 is 0 Å². The normalized spacial score (nSPS) is 13.4. The van der Waals surface area contributed by atoms with E-state index in [4.69, 9.17) is 4.74 Å². The fourth-order valence-electron chi connectivity index (χ4n) is 4.53. The summed E-state index contributed by atoms with van der Waals surface area (Å²) in [5.74, 6) is 1.35. The van der Waals surface area contributed by atoms with Gasteiger partial charge < -0.3 is 19.4 Å². The zero-order valence-electron chi connectivity index (χ0n) is 22.0. The third-order valence-electron chi connectivity index (χ3n) is 6.62. The molecule has 4 rings (SSSR count). The molecule has 1 fully saturated rings. The van der Waals surface area contributed by atoms with Crippen molar-refractivity contribution < 1.29 is 14.3 Å². The maximum atomic E-state index is 13.2. The van der Waals surface area contributed by atoms with E-state index < -0.39 is 0 Å². The minimum absolute atomic E-state index is 0.0155. The van der Waals surface area contributed by atoms with Crippen molar-refractivity contribution >= 4 is 17.6 Å². The lowest BCUT2D eigenvalue weighted by atomic mass is 9.99. The zero-order valence-corrected chi connectivity index (χ0v) is 22.0. The largest absolute Gasteiger partial charge is 0.492 e. The molecule has 1 aliphatic heterocycles. The molecule has 0 aliphatic carbocycles. The van der Waals surface area contributed by atoms with Gasteiger partial charge in [-0.3, -0.25) is 14.6 Å². The van der Waals surface area contributed by atoms with Gasteiger partial charge in [0, 0.05) is 56.6 Å². The molecule has 2 aromatic heterocycles. The first kappa shape index (κ1) is 26.1. The number of hydrogen-bond acceptors (Lipinski definition) is 7. The summed E-state index contributed by atoms with van der Waals surface area (Å²) in [6, 6.07) is 11.3. The average molecular weight is 503 g/mol. The van der Waals surface area contributed by atoms with Gasteiger partial charge in [-0.05, 0) is 69.2 Å². The third-order valence-corrected chi connectivity index (χ3v) is 6.62. The molecule has 194 valence electrons. The van der Waals surface area contributed by atoms with E-state index in [1.54, 1.807) is 23.4 Å². The standard InChI is InChI=1S/C28H34N6O3/c1-5-32(6-2)28(36)25-10-11-26(31-30-25)33-12-14-34(15-13-33)27(35)21-8-9-24(20(4)16-21)22-17-23(37-7-3)19-29-18-22/h8-11,16-19H,5-7,12-15H2,1-4H3.